The highest BCUT2D eigenvalue weighted by atomic mass is 32.2. The summed E-state index contributed by atoms with van der Waals surface area (Å²) >= 11 is 5.81. The molecular formula is C34H38F2N4O10S4. The lowest BCUT2D eigenvalue weighted by Gasteiger charge is -2.20. The number of ether oxygens (including phenoxy) is 1. The van der Waals surface area contributed by atoms with Crippen LogP contribution in [0.15, 0.2) is 36.4 Å². The summed E-state index contributed by atoms with van der Waals surface area (Å²) in [6.45, 7) is 4.70. The van der Waals surface area contributed by atoms with Crippen LogP contribution in [0.25, 0.3) is 11.1 Å². The van der Waals surface area contributed by atoms with Crippen molar-refractivity contribution in [2.45, 2.75) is 52.2 Å². The number of esters is 1. The van der Waals surface area contributed by atoms with Crippen LogP contribution in [-0.4, -0.2) is 91.9 Å². The summed E-state index contributed by atoms with van der Waals surface area (Å²) in [5.41, 5.74) is 4.98. The second-order valence-corrected chi connectivity index (χ2v) is 15.0. The number of halogens is 2. The van der Waals surface area contributed by atoms with Crippen LogP contribution in [-0.2, 0) is 38.4 Å². The van der Waals surface area contributed by atoms with E-state index in [2.05, 4.69) is 28.6 Å². The number of primary amides is 1. The van der Waals surface area contributed by atoms with E-state index >= 15 is 0 Å². The Bertz CT molecular complexity index is 1800. The third kappa shape index (κ3) is 15.2. The maximum atomic E-state index is 14.8. The Hall–Kier alpha value is -4.27. The predicted molar refractivity (Wildman–Crippen MR) is 204 cm³/mol. The van der Waals surface area contributed by atoms with Crippen LogP contribution in [0.3, 0.4) is 0 Å². The Morgan fingerprint density at radius 2 is 1.30 bits per heavy atom. The number of hydrogen-bond acceptors (Lipinski definition) is 14. The van der Waals surface area contributed by atoms with Gasteiger partial charge in [-0.15, -0.1) is 0 Å². The van der Waals surface area contributed by atoms with E-state index < -0.39 is 80.6 Å². The number of carbonyl (C=O) groups excluding carboxylic acids is 9. The highest BCUT2D eigenvalue weighted by Gasteiger charge is 2.29. The van der Waals surface area contributed by atoms with Crippen molar-refractivity contribution in [2.24, 2.45) is 11.7 Å². The topological polar surface area (TPSA) is 225 Å². The molecule has 4 amide bonds. The minimum atomic E-state index is -1.44. The van der Waals surface area contributed by atoms with E-state index in [0.717, 1.165) is 38.1 Å². The van der Waals surface area contributed by atoms with E-state index in [1.54, 1.807) is 0 Å². The number of rotatable bonds is 19. The highest BCUT2D eigenvalue weighted by Crippen LogP contribution is 2.32. The smallest absolute Gasteiger partial charge is 0.334 e. The number of thiol groups is 1. The largest absolute Gasteiger partial charge is 0.424 e. The molecule has 0 aliphatic heterocycles. The molecule has 4 atom stereocenters. The van der Waals surface area contributed by atoms with Crippen molar-refractivity contribution in [3.8, 4) is 16.9 Å². The van der Waals surface area contributed by atoms with Gasteiger partial charge in [0.15, 0.2) is 0 Å². The van der Waals surface area contributed by atoms with Crippen molar-refractivity contribution in [3.63, 3.8) is 0 Å². The first-order valence-electron chi connectivity index (χ1n) is 15.8. The Morgan fingerprint density at radius 1 is 0.741 bits per heavy atom. The van der Waals surface area contributed by atoms with Gasteiger partial charge in [-0.05, 0) is 36.8 Å². The molecule has 0 saturated carbocycles. The number of carbonyl (C=O) groups is 9. The molecule has 0 saturated heterocycles. The fraction of sp³-hybridized carbons (Fsp3) is 0.382. The van der Waals surface area contributed by atoms with Gasteiger partial charge in [0.25, 0.3) is 0 Å². The average molecular weight is 829 g/mol. The summed E-state index contributed by atoms with van der Waals surface area (Å²) in [5, 5.41) is 5.16. The Labute approximate surface area is 327 Å². The minimum absolute atomic E-state index is 0.0500. The fourth-order valence-corrected chi connectivity index (χ4v) is 7.72. The van der Waals surface area contributed by atoms with Gasteiger partial charge < -0.3 is 31.2 Å². The maximum absolute atomic E-state index is 14.8. The van der Waals surface area contributed by atoms with E-state index in [0.29, 0.717) is 41.4 Å². The molecule has 0 heterocycles. The number of benzene rings is 2. The second kappa shape index (κ2) is 22.2. The molecule has 14 nitrogen and oxygen atoms in total. The zero-order chi connectivity index (χ0) is 40.7. The number of ketones is 1. The van der Waals surface area contributed by atoms with Gasteiger partial charge in [-0.3, -0.25) is 33.6 Å². The number of thioether (sulfide) groups is 3. The van der Waals surface area contributed by atoms with Crippen molar-refractivity contribution in [1.29, 1.82) is 0 Å². The molecule has 2 aromatic rings. The summed E-state index contributed by atoms with van der Waals surface area (Å²) in [6, 6.07) is 2.63. The van der Waals surface area contributed by atoms with Gasteiger partial charge >= 0.3 is 5.97 Å². The molecule has 0 bridgehead atoms. The van der Waals surface area contributed by atoms with Crippen LogP contribution >= 0.6 is 47.9 Å². The Kier molecular flexibility index (Phi) is 18.9. The first-order chi connectivity index (χ1) is 25.3. The summed E-state index contributed by atoms with van der Waals surface area (Å²) in [7, 11) is 0. The lowest BCUT2D eigenvalue weighted by Crippen LogP contribution is -2.45. The zero-order valence-corrected chi connectivity index (χ0v) is 32.7. The molecule has 0 aliphatic carbocycles. The fourth-order valence-electron chi connectivity index (χ4n) is 4.48. The molecule has 5 N–H and O–H groups in total. The molecule has 0 aliphatic rings. The summed E-state index contributed by atoms with van der Waals surface area (Å²) < 4.78 is 34.0. The third-order valence-electron chi connectivity index (χ3n) is 6.96. The summed E-state index contributed by atoms with van der Waals surface area (Å²) in [5.74, 6) is -8.12. The molecule has 0 aromatic heterocycles. The minimum Gasteiger partial charge on any atom is -0.424 e. The Morgan fingerprint density at radius 3 is 1.85 bits per heavy atom. The predicted octanol–water partition coefficient (Wildman–Crippen LogP) is 2.45. The van der Waals surface area contributed by atoms with Crippen LogP contribution in [0.4, 0.5) is 8.78 Å². The van der Waals surface area contributed by atoms with Gasteiger partial charge in [-0.25, -0.2) is 13.6 Å². The first-order valence-corrected chi connectivity index (χ1v) is 19.4. The molecule has 2 rings (SSSR count). The zero-order valence-electron chi connectivity index (χ0n) is 29.4. The molecule has 0 spiro atoms. The van der Waals surface area contributed by atoms with E-state index in [-0.39, 0.29) is 57.7 Å². The van der Waals surface area contributed by atoms with Crippen LogP contribution in [0, 0.1) is 17.6 Å². The Balaban J connectivity index is 2.43. The normalized spacial score (nSPS) is 13.0. The van der Waals surface area contributed by atoms with Crippen LogP contribution < -0.4 is 26.4 Å². The SMILES string of the molecule is CC(=O)CC(CSC(=O)C(CSC(=O)c1cc(-c2ccc(F)cc2F)ccc1OC(=O)C(CSC(=O)C(CS)NC(C)=O)NC(C)=O)NC(C)=O)C(N)=O. The molecule has 0 fully saturated rings. The average Bonchev–Trinajstić information content (AvgIpc) is 3.08. The lowest BCUT2D eigenvalue weighted by atomic mass is 10.0. The number of Topliss-reactive ketones (excluding diaryl/α,β-unsaturated/α-hetero) is 1. The summed E-state index contributed by atoms with van der Waals surface area (Å²) in [4.78, 5) is 112. The van der Waals surface area contributed by atoms with Crippen LogP contribution in [0.1, 0.15) is 44.5 Å². The van der Waals surface area contributed by atoms with Crippen LogP contribution in [0.2, 0.25) is 0 Å². The van der Waals surface area contributed by atoms with Crippen molar-refractivity contribution in [2.75, 3.05) is 23.0 Å². The van der Waals surface area contributed by atoms with Gasteiger partial charge in [0, 0.05) is 61.8 Å². The van der Waals surface area contributed by atoms with Crippen molar-refractivity contribution < 1.29 is 56.7 Å². The molecule has 2 aromatic carbocycles. The quantitative estimate of drug-likeness (QED) is 0.0781. The third-order valence-corrected chi connectivity index (χ3v) is 10.5. The highest BCUT2D eigenvalue weighted by molar-refractivity contribution is 8.15. The molecule has 292 valence electrons. The van der Waals surface area contributed by atoms with Crippen LogP contribution in [0.5, 0.6) is 5.75 Å². The van der Waals surface area contributed by atoms with Gasteiger partial charge in [0.2, 0.25) is 39.0 Å². The molecule has 54 heavy (non-hydrogen) atoms. The summed E-state index contributed by atoms with van der Waals surface area (Å²) in [6.07, 6.45) is -0.203. The maximum Gasteiger partial charge on any atom is 0.334 e. The molecule has 4 unspecified atom stereocenters. The molecular weight excluding hydrogens is 791 g/mol. The van der Waals surface area contributed by atoms with E-state index in [1.165, 1.54) is 19.9 Å². The number of amides is 4. The van der Waals surface area contributed by atoms with Crippen molar-refractivity contribution >= 4 is 98.6 Å². The van der Waals surface area contributed by atoms with Crippen molar-refractivity contribution in [3.05, 3.63) is 53.6 Å². The molecule has 0 radical (unpaired) electrons. The van der Waals surface area contributed by atoms with E-state index in [4.69, 9.17) is 10.5 Å². The second-order valence-electron chi connectivity index (χ2n) is 11.6. The van der Waals surface area contributed by atoms with Gasteiger partial charge in [0.05, 0.1) is 11.5 Å². The lowest BCUT2D eigenvalue weighted by molar-refractivity contribution is -0.138. The molecule has 20 heteroatoms. The van der Waals surface area contributed by atoms with Crippen molar-refractivity contribution in [1.82, 2.24) is 16.0 Å². The number of hydrogen-bond donors (Lipinski definition) is 5. The standard InChI is InChI=1S/C34H38F2N4O10S4/c1-16(41)9-21(30(37)45)13-52-34(49)28(40-19(4)44)15-53-32(47)24-10-20(23-7-6-22(35)11-25(23)36)5-8-29(24)50-31(46)27(39-18(3)43)14-54-33(48)26(12-51)38-17(2)42/h5-8,10-11,21,26-28,51H,9,12-15H2,1-4H3,(H2,37,45)(H,38,42)(H,39,43)(H,40,44). The van der Waals surface area contributed by atoms with E-state index in [9.17, 15) is 51.9 Å². The first kappa shape index (κ1) is 45.9. The number of nitrogens with one attached hydrogen (secondary N) is 3. The number of nitrogens with two attached hydrogens (primary N) is 1. The van der Waals surface area contributed by atoms with E-state index in [1.807, 2.05) is 0 Å². The monoisotopic (exact) mass is 828 g/mol. The van der Waals surface area contributed by atoms with Gasteiger partial charge in [-0.1, -0.05) is 41.4 Å². The van der Waals surface area contributed by atoms with Gasteiger partial charge in [-0.2, -0.15) is 12.6 Å². The van der Waals surface area contributed by atoms with Gasteiger partial charge in [0.1, 0.15) is 41.3 Å².